The van der Waals surface area contributed by atoms with Crippen molar-refractivity contribution in [3.63, 3.8) is 0 Å². The third-order valence-electron chi connectivity index (χ3n) is 7.35. The maximum absolute atomic E-state index is 13.4. The summed E-state index contributed by atoms with van der Waals surface area (Å²) in [5, 5.41) is 0. The summed E-state index contributed by atoms with van der Waals surface area (Å²) in [4.78, 5) is 53.9. The maximum Gasteiger partial charge on any atom is 0.243 e. The van der Waals surface area contributed by atoms with Gasteiger partial charge in [-0.3, -0.25) is 24.1 Å². The molecule has 28 heavy (non-hydrogen) atoms. The summed E-state index contributed by atoms with van der Waals surface area (Å²) < 4.78 is 0. The Kier molecular flexibility index (Phi) is 5.83. The molecule has 154 valence electrons. The number of Topliss-reactive ketones (excluding diaryl/α,β-unsaturated/α-hetero) is 1. The Labute approximate surface area is 167 Å². The molecule has 0 radical (unpaired) electrons. The molecule has 6 heteroatoms. The molecule has 3 aliphatic carbocycles. The number of ketones is 1. The van der Waals surface area contributed by atoms with E-state index in [1.54, 1.807) is 0 Å². The Bertz CT molecular complexity index is 631. The van der Waals surface area contributed by atoms with Gasteiger partial charge in [-0.05, 0) is 32.1 Å². The third kappa shape index (κ3) is 3.74. The van der Waals surface area contributed by atoms with Crippen LogP contribution in [0.5, 0.6) is 0 Å². The summed E-state index contributed by atoms with van der Waals surface area (Å²) in [5.41, 5.74) is 0. The smallest absolute Gasteiger partial charge is 0.243 e. The van der Waals surface area contributed by atoms with Crippen LogP contribution in [0.25, 0.3) is 0 Å². The predicted molar refractivity (Wildman–Crippen MR) is 103 cm³/mol. The van der Waals surface area contributed by atoms with E-state index in [4.69, 9.17) is 0 Å². The van der Waals surface area contributed by atoms with E-state index in [0.29, 0.717) is 12.8 Å². The first kappa shape index (κ1) is 19.6. The van der Waals surface area contributed by atoms with Gasteiger partial charge in [-0.25, -0.2) is 0 Å². The number of imide groups is 1. The Morgan fingerprint density at radius 1 is 0.786 bits per heavy atom. The predicted octanol–water partition coefficient (Wildman–Crippen LogP) is 2.83. The minimum atomic E-state index is -0.528. The van der Waals surface area contributed by atoms with E-state index >= 15 is 0 Å². The number of nitrogens with zero attached hydrogens (tertiary/aromatic N) is 2. The molecule has 0 bridgehead atoms. The molecule has 4 fully saturated rings. The number of carbonyl (C=O) groups excluding carboxylic acids is 4. The molecule has 0 N–H and O–H groups in total. The lowest BCUT2D eigenvalue weighted by atomic mass is 9.80. The first-order valence-corrected chi connectivity index (χ1v) is 11.2. The first-order chi connectivity index (χ1) is 13.6. The van der Waals surface area contributed by atoms with E-state index in [1.807, 2.05) is 0 Å². The number of rotatable bonds is 4. The van der Waals surface area contributed by atoms with Crippen LogP contribution in [-0.4, -0.2) is 51.9 Å². The van der Waals surface area contributed by atoms with E-state index < -0.39 is 11.8 Å². The summed E-state index contributed by atoms with van der Waals surface area (Å²) in [7, 11) is 0. The van der Waals surface area contributed by atoms with E-state index in [0.717, 1.165) is 51.4 Å². The van der Waals surface area contributed by atoms with Crippen molar-refractivity contribution in [2.24, 2.45) is 11.8 Å². The molecule has 1 saturated heterocycles. The second-order valence-corrected chi connectivity index (χ2v) is 9.14. The number of hydrogen-bond donors (Lipinski definition) is 0. The number of fused-ring (bicyclic) bond motifs is 1. The van der Waals surface area contributed by atoms with Gasteiger partial charge in [0.2, 0.25) is 17.7 Å². The first-order valence-electron chi connectivity index (χ1n) is 11.2. The zero-order valence-electron chi connectivity index (χ0n) is 16.7. The van der Waals surface area contributed by atoms with Gasteiger partial charge < -0.3 is 4.90 Å². The lowest BCUT2D eigenvalue weighted by molar-refractivity contribution is -0.149. The highest BCUT2D eigenvalue weighted by molar-refractivity contribution is 6.09. The Hall–Kier alpha value is -1.72. The van der Waals surface area contributed by atoms with Gasteiger partial charge in [0.25, 0.3) is 0 Å². The quantitative estimate of drug-likeness (QED) is 0.694. The van der Waals surface area contributed by atoms with Gasteiger partial charge in [0, 0.05) is 24.9 Å². The molecule has 4 rings (SSSR count). The van der Waals surface area contributed by atoms with Gasteiger partial charge in [0.1, 0.15) is 12.3 Å². The van der Waals surface area contributed by atoms with Gasteiger partial charge in [-0.2, -0.15) is 0 Å². The summed E-state index contributed by atoms with van der Waals surface area (Å²) in [6, 6.07) is 0.502. The van der Waals surface area contributed by atoms with Crippen molar-refractivity contribution < 1.29 is 19.2 Å². The van der Waals surface area contributed by atoms with Gasteiger partial charge in [0.15, 0.2) is 0 Å². The number of hydrogen-bond acceptors (Lipinski definition) is 4. The van der Waals surface area contributed by atoms with Crippen molar-refractivity contribution >= 4 is 23.5 Å². The van der Waals surface area contributed by atoms with Crippen molar-refractivity contribution in [1.82, 2.24) is 9.80 Å². The van der Waals surface area contributed by atoms with Crippen molar-refractivity contribution in [1.29, 1.82) is 0 Å². The molecular weight excluding hydrogens is 356 g/mol. The topological polar surface area (TPSA) is 74.8 Å². The lowest BCUT2D eigenvalue weighted by Crippen LogP contribution is -2.52. The second-order valence-electron chi connectivity index (χ2n) is 9.14. The van der Waals surface area contributed by atoms with E-state index in [-0.39, 0.29) is 48.6 Å². The molecule has 4 aliphatic rings. The molecule has 6 nitrogen and oxygen atoms in total. The zero-order chi connectivity index (χ0) is 19.7. The average Bonchev–Trinajstić information content (AvgIpc) is 2.94. The maximum atomic E-state index is 13.4. The van der Waals surface area contributed by atoms with Crippen LogP contribution >= 0.6 is 0 Å². The standard InChI is InChI=1S/C22H32N2O4/c25-17-11-12-18-19(13-17)22(28)23(21(18)27)14-20(26)24(15-7-3-1-4-8-15)16-9-5-2-6-10-16/h15-16,18-19H,1-14H2/t18-,19-/m0/s1. The van der Waals surface area contributed by atoms with E-state index in [2.05, 4.69) is 4.90 Å². The fourth-order valence-corrected chi connectivity index (χ4v) is 5.87. The summed E-state index contributed by atoms with van der Waals surface area (Å²) in [5.74, 6) is -1.46. The van der Waals surface area contributed by atoms with Crippen LogP contribution in [0, 0.1) is 11.8 Å². The Balaban J connectivity index is 1.49. The molecule has 1 aliphatic heterocycles. The van der Waals surface area contributed by atoms with Crippen LogP contribution in [0.4, 0.5) is 0 Å². The average molecular weight is 389 g/mol. The highest BCUT2D eigenvalue weighted by atomic mass is 16.2. The van der Waals surface area contributed by atoms with Crippen LogP contribution in [0.15, 0.2) is 0 Å². The minimum absolute atomic E-state index is 0.0571. The van der Waals surface area contributed by atoms with Crippen molar-refractivity contribution in [3.8, 4) is 0 Å². The molecule has 0 aromatic carbocycles. The molecule has 3 saturated carbocycles. The van der Waals surface area contributed by atoms with Crippen LogP contribution in [0.1, 0.15) is 83.5 Å². The molecule has 1 heterocycles. The van der Waals surface area contributed by atoms with Crippen LogP contribution in [0.2, 0.25) is 0 Å². The van der Waals surface area contributed by atoms with Crippen LogP contribution < -0.4 is 0 Å². The fourth-order valence-electron chi connectivity index (χ4n) is 5.87. The highest BCUT2D eigenvalue weighted by Crippen LogP contribution is 2.37. The second kappa shape index (κ2) is 8.34. The summed E-state index contributed by atoms with van der Waals surface area (Å²) in [6.07, 6.45) is 12.2. The number of carbonyl (C=O) groups is 4. The largest absolute Gasteiger partial charge is 0.335 e. The molecule has 3 amide bonds. The molecule has 0 unspecified atom stereocenters. The SMILES string of the molecule is O=C1CC[C@@H]2C(=O)N(CC(=O)N(C3CCCCC3)C3CCCCC3)C(=O)[C@H]2C1. The molecular formula is C22H32N2O4. The van der Waals surface area contributed by atoms with Crippen molar-refractivity contribution in [3.05, 3.63) is 0 Å². The third-order valence-corrected chi connectivity index (χ3v) is 7.35. The van der Waals surface area contributed by atoms with E-state index in [9.17, 15) is 19.2 Å². The lowest BCUT2D eigenvalue weighted by Gasteiger charge is -2.42. The fraction of sp³-hybridized carbons (Fsp3) is 0.818. The van der Waals surface area contributed by atoms with Gasteiger partial charge in [-0.15, -0.1) is 0 Å². The Morgan fingerprint density at radius 2 is 1.32 bits per heavy atom. The van der Waals surface area contributed by atoms with Crippen molar-refractivity contribution in [2.75, 3.05) is 6.54 Å². The van der Waals surface area contributed by atoms with Crippen LogP contribution in [0.3, 0.4) is 0 Å². The summed E-state index contributed by atoms with van der Waals surface area (Å²) >= 11 is 0. The minimum Gasteiger partial charge on any atom is -0.335 e. The molecule has 2 atom stereocenters. The Morgan fingerprint density at radius 3 is 1.89 bits per heavy atom. The highest BCUT2D eigenvalue weighted by Gasteiger charge is 2.51. The molecule has 0 aromatic rings. The molecule has 0 spiro atoms. The number of likely N-dealkylation sites (tertiary alicyclic amines) is 1. The van der Waals surface area contributed by atoms with Gasteiger partial charge in [0.05, 0.1) is 11.8 Å². The summed E-state index contributed by atoms with van der Waals surface area (Å²) in [6.45, 7) is -0.133. The van der Waals surface area contributed by atoms with Gasteiger partial charge in [-0.1, -0.05) is 38.5 Å². The van der Waals surface area contributed by atoms with Gasteiger partial charge >= 0.3 is 0 Å². The molecule has 0 aromatic heterocycles. The zero-order valence-corrected chi connectivity index (χ0v) is 16.7. The van der Waals surface area contributed by atoms with Crippen molar-refractivity contribution in [2.45, 2.75) is 95.6 Å². The van der Waals surface area contributed by atoms with Crippen LogP contribution in [-0.2, 0) is 19.2 Å². The number of amides is 3. The monoisotopic (exact) mass is 388 g/mol. The normalized spacial score (nSPS) is 29.9. The van der Waals surface area contributed by atoms with E-state index in [1.165, 1.54) is 17.7 Å².